The molecule has 2 aromatic carbocycles. The number of aryl methyl sites for hydroxylation is 1. The van der Waals surface area contributed by atoms with E-state index < -0.39 is 35.3 Å². The lowest BCUT2D eigenvalue weighted by Gasteiger charge is -2.25. The molecule has 0 aliphatic carbocycles. The maximum absolute atomic E-state index is 14.5. The van der Waals surface area contributed by atoms with Gasteiger partial charge in [-0.3, -0.25) is 4.79 Å². The highest BCUT2D eigenvalue weighted by molar-refractivity contribution is 6.10. The van der Waals surface area contributed by atoms with Crippen molar-refractivity contribution in [1.82, 2.24) is 14.0 Å². The molecule has 0 spiro atoms. The minimum atomic E-state index is -4.73. The van der Waals surface area contributed by atoms with Gasteiger partial charge in [0.05, 0.1) is 28.6 Å². The number of aromatic nitrogens is 3. The molecule has 0 fully saturated rings. The number of carbonyl (C=O) groups is 1. The van der Waals surface area contributed by atoms with Crippen LogP contribution in [0.5, 0.6) is 5.75 Å². The molecule has 0 saturated heterocycles. The van der Waals surface area contributed by atoms with Crippen LogP contribution in [0, 0.1) is 11.6 Å². The average Bonchev–Trinajstić information content (AvgIpc) is 3.42. The SMILES string of the molecule is CNc1c(F)cc(C(=O)c2cc3c4c(cccn24)-c2c(C(F)(F)F)cc4c(ncn4C)c2OC(C)C3)cc1F. The Labute approximate surface area is 218 Å². The molecule has 39 heavy (non-hydrogen) atoms. The first kappa shape index (κ1) is 24.9. The van der Waals surface area contributed by atoms with Crippen molar-refractivity contribution in [3.05, 3.63) is 82.9 Å². The van der Waals surface area contributed by atoms with E-state index in [0.717, 1.165) is 18.2 Å². The molecule has 0 bridgehead atoms. The number of pyridine rings is 1. The topological polar surface area (TPSA) is 60.6 Å². The summed E-state index contributed by atoms with van der Waals surface area (Å²) in [6.07, 6.45) is -2.07. The number of hydrogen-bond donors (Lipinski definition) is 1. The van der Waals surface area contributed by atoms with Gasteiger partial charge in [0, 0.05) is 43.4 Å². The second-order valence-electron chi connectivity index (χ2n) is 9.57. The van der Waals surface area contributed by atoms with Crippen molar-refractivity contribution < 1.29 is 31.5 Å². The van der Waals surface area contributed by atoms with E-state index in [1.807, 2.05) is 0 Å². The first-order chi connectivity index (χ1) is 18.5. The number of rotatable bonds is 3. The van der Waals surface area contributed by atoms with Crippen LogP contribution in [0.25, 0.3) is 27.7 Å². The van der Waals surface area contributed by atoms with Crippen LogP contribution in [-0.4, -0.2) is 32.9 Å². The molecule has 5 aromatic rings. The Hall–Kier alpha value is -4.41. The van der Waals surface area contributed by atoms with Gasteiger partial charge in [-0.1, -0.05) is 6.07 Å². The smallest absolute Gasteiger partial charge is 0.417 e. The van der Waals surface area contributed by atoms with Gasteiger partial charge in [0.2, 0.25) is 5.78 Å². The molecule has 3 aromatic heterocycles. The monoisotopic (exact) mass is 540 g/mol. The predicted octanol–water partition coefficient (Wildman–Crippen LogP) is 6.39. The number of alkyl halides is 3. The van der Waals surface area contributed by atoms with Crippen molar-refractivity contribution in [2.45, 2.75) is 25.6 Å². The Bertz CT molecular complexity index is 1800. The average molecular weight is 540 g/mol. The van der Waals surface area contributed by atoms with Crippen LogP contribution < -0.4 is 10.1 Å². The third-order valence-corrected chi connectivity index (χ3v) is 7.03. The summed E-state index contributed by atoms with van der Waals surface area (Å²) < 4.78 is 81.5. The van der Waals surface area contributed by atoms with Crippen LogP contribution in [0.3, 0.4) is 0 Å². The summed E-state index contributed by atoms with van der Waals surface area (Å²) >= 11 is 0. The summed E-state index contributed by atoms with van der Waals surface area (Å²) in [5.74, 6) is -2.55. The van der Waals surface area contributed by atoms with Crippen LogP contribution in [0.1, 0.15) is 34.1 Å². The van der Waals surface area contributed by atoms with Crippen molar-refractivity contribution in [3.63, 3.8) is 0 Å². The summed E-state index contributed by atoms with van der Waals surface area (Å²) in [4.78, 5) is 17.8. The van der Waals surface area contributed by atoms with E-state index in [-0.39, 0.29) is 51.3 Å². The van der Waals surface area contributed by atoms with Crippen molar-refractivity contribution >= 4 is 28.0 Å². The molecule has 1 unspecified atom stereocenters. The molecule has 1 aliphatic rings. The third kappa shape index (κ3) is 3.75. The number of ketones is 1. The molecule has 1 aliphatic heterocycles. The van der Waals surface area contributed by atoms with Crippen LogP contribution >= 0.6 is 0 Å². The Kier molecular flexibility index (Phi) is 5.46. The number of nitrogens with one attached hydrogen (secondary N) is 1. The Morgan fingerprint density at radius 3 is 2.54 bits per heavy atom. The fourth-order valence-corrected chi connectivity index (χ4v) is 5.36. The van der Waals surface area contributed by atoms with E-state index >= 15 is 0 Å². The van der Waals surface area contributed by atoms with E-state index in [4.69, 9.17) is 4.74 Å². The normalized spacial score (nSPS) is 15.1. The first-order valence-corrected chi connectivity index (χ1v) is 12.1. The number of anilines is 1. The van der Waals surface area contributed by atoms with Gasteiger partial charge in [0.1, 0.15) is 28.9 Å². The maximum atomic E-state index is 14.5. The van der Waals surface area contributed by atoms with Gasteiger partial charge in [-0.2, -0.15) is 13.2 Å². The van der Waals surface area contributed by atoms with Crippen LogP contribution in [0.15, 0.2) is 48.9 Å². The Balaban J connectivity index is 1.66. The van der Waals surface area contributed by atoms with E-state index in [1.165, 1.54) is 34.5 Å². The maximum Gasteiger partial charge on any atom is 0.417 e. The summed E-state index contributed by atoms with van der Waals surface area (Å²) in [6.45, 7) is 1.72. The zero-order valence-corrected chi connectivity index (χ0v) is 21.0. The molecular formula is C28H21F5N4O2. The third-order valence-electron chi connectivity index (χ3n) is 7.03. The van der Waals surface area contributed by atoms with E-state index in [0.29, 0.717) is 11.1 Å². The Morgan fingerprint density at radius 2 is 1.87 bits per heavy atom. The van der Waals surface area contributed by atoms with E-state index in [1.54, 1.807) is 26.2 Å². The van der Waals surface area contributed by atoms with Gasteiger partial charge in [0.25, 0.3) is 0 Å². The van der Waals surface area contributed by atoms with Gasteiger partial charge in [-0.05, 0) is 42.8 Å². The quantitative estimate of drug-likeness (QED) is 0.213. The fraction of sp³-hybridized carbons (Fsp3) is 0.214. The fourth-order valence-electron chi connectivity index (χ4n) is 5.36. The van der Waals surface area contributed by atoms with Gasteiger partial charge in [0.15, 0.2) is 5.75 Å². The zero-order chi connectivity index (χ0) is 27.8. The first-order valence-electron chi connectivity index (χ1n) is 12.1. The summed E-state index contributed by atoms with van der Waals surface area (Å²) in [5, 5.41) is 2.41. The van der Waals surface area contributed by atoms with Gasteiger partial charge in [-0.25, -0.2) is 13.8 Å². The van der Waals surface area contributed by atoms with E-state index in [2.05, 4.69) is 10.3 Å². The molecular weight excluding hydrogens is 519 g/mol. The number of carbonyl (C=O) groups excluding carboxylic acids is 1. The van der Waals surface area contributed by atoms with Crippen LogP contribution in [-0.2, 0) is 19.6 Å². The molecule has 1 atom stereocenters. The Morgan fingerprint density at radius 1 is 1.15 bits per heavy atom. The van der Waals surface area contributed by atoms with E-state index in [9.17, 15) is 26.7 Å². The van der Waals surface area contributed by atoms with Crippen molar-refractivity contribution in [3.8, 4) is 16.9 Å². The molecule has 6 nitrogen and oxygen atoms in total. The lowest BCUT2D eigenvalue weighted by atomic mass is 9.93. The summed E-state index contributed by atoms with van der Waals surface area (Å²) in [6, 6.07) is 7.50. The number of imidazole rings is 1. The highest BCUT2D eigenvalue weighted by Gasteiger charge is 2.39. The molecule has 4 heterocycles. The number of halogens is 5. The largest absolute Gasteiger partial charge is 0.487 e. The van der Waals surface area contributed by atoms with Crippen molar-refractivity contribution in [2.75, 3.05) is 12.4 Å². The summed E-state index contributed by atoms with van der Waals surface area (Å²) in [5.41, 5.74) is 0.0756. The highest BCUT2D eigenvalue weighted by Crippen LogP contribution is 2.49. The number of fused-ring (bicyclic) bond motifs is 4. The summed E-state index contributed by atoms with van der Waals surface area (Å²) in [7, 11) is 2.96. The van der Waals surface area contributed by atoms with Crippen LogP contribution in [0.2, 0.25) is 0 Å². The van der Waals surface area contributed by atoms with Crippen molar-refractivity contribution in [1.29, 1.82) is 0 Å². The number of ether oxygens (including phenoxy) is 1. The lowest BCUT2D eigenvalue weighted by molar-refractivity contribution is -0.137. The molecule has 1 N–H and O–H groups in total. The molecule has 0 amide bonds. The van der Waals surface area contributed by atoms with Gasteiger partial charge in [-0.15, -0.1) is 0 Å². The second-order valence-corrected chi connectivity index (χ2v) is 9.57. The number of benzene rings is 2. The molecule has 200 valence electrons. The number of nitrogens with zero attached hydrogens (tertiary/aromatic N) is 3. The standard InChI is InChI=1S/C28H21F5N4O2/c1-13-7-14-10-21(26(38)15-8-18(29)23(34-2)19(30)9-15)37-6-4-5-16(25(14)37)22-17(28(31,32)33)11-20-24(27(22)39-13)35-12-36(20)3/h4-6,8-13,34H,7H2,1-3H3. The van der Waals surface area contributed by atoms with Crippen LogP contribution in [0.4, 0.5) is 27.6 Å². The van der Waals surface area contributed by atoms with Crippen molar-refractivity contribution in [2.24, 2.45) is 7.05 Å². The molecule has 11 heteroatoms. The molecule has 6 rings (SSSR count). The number of hydrogen-bond acceptors (Lipinski definition) is 4. The molecule has 0 saturated carbocycles. The van der Waals surface area contributed by atoms with Gasteiger partial charge < -0.3 is 19.0 Å². The zero-order valence-electron chi connectivity index (χ0n) is 21.0. The minimum Gasteiger partial charge on any atom is -0.487 e. The molecule has 0 radical (unpaired) electrons. The highest BCUT2D eigenvalue weighted by atomic mass is 19.4. The predicted molar refractivity (Wildman–Crippen MR) is 135 cm³/mol. The minimum absolute atomic E-state index is 0.00699. The second kappa shape index (κ2) is 8.55. The van der Waals surface area contributed by atoms with Gasteiger partial charge >= 0.3 is 6.18 Å². The lowest BCUT2D eigenvalue weighted by Crippen LogP contribution is -2.19.